The lowest BCUT2D eigenvalue weighted by atomic mass is 10.1. The van der Waals surface area contributed by atoms with Crippen molar-refractivity contribution >= 4 is 41.7 Å². The highest BCUT2D eigenvalue weighted by Gasteiger charge is 2.14. The summed E-state index contributed by atoms with van der Waals surface area (Å²) in [5, 5.41) is 3.86. The second-order valence-corrected chi connectivity index (χ2v) is 5.88. The van der Waals surface area contributed by atoms with Crippen LogP contribution < -0.4 is 11.1 Å². The average Bonchev–Trinajstić information content (AvgIpc) is 2.66. The highest BCUT2D eigenvalue weighted by molar-refractivity contribution is 14.0. The number of nitrogens with zero attached hydrogens (tertiary/aromatic N) is 1. The van der Waals surface area contributed by atoms with Crippen LogP contribution in [-0.2, 0) is 0 Å². The zero-order chi connectivity index (χ0) is 11.1. The monoisotopic (exact) mass is 357 g/mol. The Morgan fingerprint density at radius 2 is 2.31 bits per heavy atom. The van der Waals surface area contributed by atoms with Gasteiger partial charge >= 0.3 is 0 Å². The maximum atomic E-state index is 5.77. The minimum Gasteiger partial charge on any atom is -0.370 e. The van der Waals surface area contributed by atoms with Gasteiger partial charge < -0.3 is 11.1 Å². The fourth-order valence-electron chi connectivity index (χ4n) is 1.53. The molecule has 1 aliphatic rings. The van der Waals surface area contributed by atoms with Gasteiger partial charge in [0.1, 0.15) is 0 Å². The lowest BCUT2D eigenvalue weighted by Crippen LogP contribution is -2.33. The van der Waals surface area contributed by atoms with Crippen LogP contribution in [0.4, 0.5) is 0 Å². The van der Waals surface area contributed by atoms with Gasteiger partial charge in [0.2, 0.25) is 0 Å². The van der Waals surface area contributed by atoms with Crippen LogP contribution in [0, 0.1) is 5.92 Å². The molecule has 0 aliphatic carbocycles. The molecule has 0 saturated carbocycles. The summed E-state index contributed by atoms with van der Waals surface area (Å²) in [5.41, 5.74) is 5.77. The van der Waals surface area contributed by atoms with Crippen molar-refractivity contribution in [2.45, 2.75) is 38.4 Å². The molecule has 0 aromatic carbocycles. The van der Waals surface area contributed by atoms with Crippen LogP contribution in [0.1, 0.15) is 33.1 Å². The molecule has 0 radical (unpaired) electrons. The molecule has 1 fully saturated rings. The van der Waals surface area contributed by atoms with Gasteiger partial charge in [-0.25, -0.2) is 0 Å². The molecule has 96 valence electrons. The van der Waals surface area contributed by atoms with Crippen molar-refractivity contribution in [3.8, 4) is 0 Å². The smallest absolute Gasteiger partial charge is 0.188 e. The molecule has 3 nitrogen and oxygen atoms in total. The third-order valence-electron chi connectivity index (χ3n) is 2.52. The molecule has 0 aromatic heterocycles. The first-order valence-electron chi connectivity index (χ1n) is 5.84. The summed E-state index contributed by atoms with van der Waals surface area (Å²) in [4.78, 5) is 4.37. The number of hydrogen-bond acceptors (Lipinski definition) is 2. The van der Waals surface area contributed by atoms with Gasteiger partial charge in [-0.1, -0.05) is 13.8 Å². The van der Waals surface area contributed by atoms with Crippen molar-refractivity contribution < 1.29 is 0 Å². The normalized spacial score (nSPS) is 20.9. The zero-order valence-electron chi connectivity index (χ0n) is 10.2. The Balaban J connectivity index is 0.00000225. The Bertz CT molecular complexity index is 203. The minimum absolute atomic E-state index is 0. The molecule has 3 N–H and O–H groups in total. The van der Waals surface area contributed by atoms with Crippen LogP contribution in [0.2, 0.25) is 0 Å². The highest BCUT2D eigenvalue weighted by Crippen LogP contribution is 2.25. The van der Waals surface area contributed by atoms with Gasteiger partial charge in [-0.05, 0) is 30.9 Å². The molecule has 0 spiro atoms. The van der Waals surface area contributed by atoms with Crippen molar-refractivity contribution in [2.75, 3.05) is 18.8 Å². The molecule has 0 aromatic rings. The largest absolute Gasteiger partial charge is 0.370 e. The summed E-state index contributed by atoms with van der Waals surface area (Å²) in [6, 6.07) is 0. The third kappa shape index (κ3) is 7.60. The van der Waals surface area contributed by atoms with Gasteiger partial charge in [-0.15, -0.1) is 24.0 Å². The second kappa shape index (κ2) is 9.39. The predicted octanol–water partition coefficient (Wildman–Crippen LogP) is 2.45. The van der Waals surface area contributed by atoms with Gasteiger partial charge in [-0.2, -0.15) is 11.8 Å². The van der Waals surface area contributed by atoms with E-state index in [0.717, 1.165) is 25.4 Å². The van der Waals surface area contributed by atoms with Crippen LogP contribution >= 0.6 is 35.7 Å². The Kier molecular flexibility index (Phi) is 9.59. The zero-order valence-corrected chi connectivity index (χ0v) is 13.4. The molecule has 1 unspecified atom stereocenters. The summed E-state index contributed by atoms with van der Waals surface area (Å²) in [6.07, 6.45) is 3.79. The van der Waals surface area contributed by atoms with Gasteiger partial charge in [0.15, 0.2) is 5.96 Å². The Morgan fingerprint density at radius 1 is 1.56 bits per heavy atom. The van der Waals surface area contributed by atoms with Gasteiger partial charge in [0, 0.05) is 11.8 Å². The molecular formula is C11H24IN3S. The van der Waals surface area contributed by atoms with E-state index in [1.54, 1.807) is 0 Å². The van der Waals surface area contributed by atoms with Gasteiger partial charge in [0.05, 0.1) is 6.54 Å². The molecule has 16 heavy (non-hydrogen) atoms. The van der Waals surface area contributed by atoms with E-state index in [1.165, 1.54) is 18.6 Å². The molecule has 1 atom stereocenters. The number of rotatable bonds is 5. The number of guanidine groups is 1. The number of aliphatic imine (C=N–C) groups is 1. The molecule has 0 bridgehead atoms. The van der Waals surface area contributed by atoms with Crippen LogP contribution in [-0.4, -0.2) is 30.1 Å². The van der Waals surface area contributed by atoms with Crippen molar-refractivity contribution in [2.24, 2.45) is 16.6 Å². The van der Waals surface area contributed by atoms with Crippen molar-refractivity contribution in [1.29, 1.82) is 0 Å². The lowest BCUT2D eigenvalue weighted by Gasteiger charge is -2.09. The van der Waals surface area contributed by atoms with E-state index < -0.39 is 0 Å². The molecular weight excluding hydrogens is 333 g/mol. The number of halogens is 1. The maximum Gasteiger partial charge on any atom is 0.188 e. The fourth-order valence-corrected chi connectivity index (χ4v) is 2.71. The summed E-state index contributed by atoms with van der Waals surface area (Å²) in [7, 11) is 0. The van der Waals surface area contributed by atoms with E-state index in [1.807, 2.05) is 11.8 Å². The highest BCUT2D eigenvalue weighted by atomic mass is 127. The first-order valence-corrected chi connectivity index (χ1v) is 6.88. The van der Waals surface area contributed by atoms with E-state index in [0.29, 0.717) is 11.2 Å². The molecule has 1 saturated heterocycles. The fraction of sp³-hybridized carbons (Fsp3) is 0.909. The Morgan fingerprint density at radius 3 is 2.88 bits per heavy atom. The van der Waals surface area contributed by atoms with Crippen LogP contribution in [0.5, 0.6) is 0 Å². The number of nitrogens with one attached hydrogen (secondary N) is 1. The molecule has 0 amide bonds. The summed E-state index contributed by atoms with van der Waals surface area (Å²) < 4.78 is 0. The first-order chi connectivity index (χ1) is 7.18. The molecule has 5 heteroatoms. The Labute approximate surface area is 120 Å². The predicted molar refractivity (Wildman–Crippen MR) is 84.8 cm³/mol. The van der Waals surface area contributed by atoms with Crippen LogP contribution in [0.15, 0.2) is 4.99 Å². The number of hydrogen-bond donors (Lipinski definition) is 2. The second-order valence-electron chi connectivity index (χ2n) is 4.47. The van der Waals surface area contributed by atoms with Crippen LogP contribution in [0.25, 0.3) is 0 Å². The quantitative estimate of drug-likeness (QED) is 0.452. The van der Waals surface area contributed by atoms with E-state index in [2.05, 4.69) is 24.2 Å². The minimum atomic E-state index is 0. The van der Waals surface area contributed by atoms with E-state index in [9.17, 15) is 0 Å². The van der Waals surface area contributed by atoms with Crippen molar-refractivity contribution in [3.05, 3.63) is 0 Å². The Hall–Kier alpha value is 0.350. The lowest BCUT2D eigenvalue weighted by molar-refractivity contribution is 0.576. The van der Waals surface area contributed by atoms with E-state index >= 15 is 0 Å². The van der Waals surface area contributed by atoms with Crippen LogP contribution in [0.3, 0.4) is 0 Å². The van der Waals surface area contributed by atoms with E-state index in [4.69, 9.17) is 5.73 Å². The standard InChI is InChI=1S/C11H23N3S.HI/c1-9(2)5-6-13-11(12)14-8-10-4-3-7-15-10;/h9-10H,3-8H2,1-2H3,(H3,12,13,14);1H. The SMILES string of the molecule is CC(C)CCNC(N)=NCC1CCCS1.I. The summed E-state index contributed by atoms with van der Waals surface area (Å²) >= 11 is 2.02. The summed E-state index contributed by atoms with van der Waals surface area (Å²) in [6.45, 7) is 6.24. The first kappa shape index (κ1) is 16.4. The molecule has 1 heterocycles. The van der Waals surface area contributed by atoms with Crippen molar-refractivity contribution in [1.82, 2.24) is 5.32 Å². The number of thioether (sulfide) groups is 1. The third-order valence-corrected chi connectivity index (χ3v) is 3.90. The molecule has 1 rings (SSSR count). The van der Waals surface area contributed by atoms with Gasteiger partial charge in [-0.3, -0.25) is 4.99 Å². The topological polar surface area (TPSA) is 50.4 Å². The summed E-state index contributed by atoms with van der Waals surface area (Å²) in [5.74, 6) is 2.62. The average molecular weight is 357 g/mol. The van der Waals surface area contributed by atoms with Gasteiger partial charge in [0.25, 0.3) is 0 Å². The van der Waals surface area contributed by atoms with E-state index in [-0.39, 0.29) is 24.0 Å². The molecule has 1 aliphatic heterocycles. The number of nitrogens with two attached hydrogens (primary N) is 1. The maximum absolute atomic E-state index is 5.77. The van der Waals surface area contributed by atoms with Crippen molar-refractivity contribution in [3.63, 3.8) is 0 Å².